The van der Waals surface area contributed by atoms with Gasteiger partial charge in [0.15, 0.2) is 0 Å². The van der Waals surface area contributed by atoms with E-state index in [0.717, 1.165) is 58.5 Å². The van der Waals surface area contributed by atoms with Gasteiger partial charge in [-0.25, -0.2) is 0 Å². The number of amides is 1. The number of piperazine rings is 1. The molecule has 1 aromatic carbocycles. The summed E-state index contributed by atoms with van der Waals surface area (Å²) in [5, 5.41) is 4.51. The third kappa shape index (κ3) is 4.99. The van der Waals surface area contributed by atoms with Crippen molar-refractivity contribution in [3.8, 4) is 0 Å². The Labute approximate surface area is 159 Å². The summed E-state index contributed by atoms with van der Waals surface area (Å²) < 4.78 is 0. The molecule has 2 saturated heterocycles. The number of hydrogen-bond donors (Lipinski definition) is 1. The number of halogens is 3. The first-order valence-corrected chi connectivity index (χ1v) is 9.07. The standard InChI is InChI=1S/C17H23Cl2N3O.ClH/c18-14-4-3-13(12-15(14)19)5-7-21-8-10-22(11-9-21)17(23)16-2-1-6-20-16;/h3-4,12,16,20H,1-2,5-11H2;1H. The first kappa shape index (κ1) is 19.8. The van der Waals surface area contributed by atoms with Crippen LogP contribution in [0.5, 0.6) is 0 Å². The molecule has 4 nitrogen and oxygen atoms in total. The van der Waals surface area contributed by atoms with E-state index >= 15 is 0 Å². The normalized spacial score (nSPS) is 21.6. The van der Waals surface area contributed by atoms with Gasteiger partial charge in [0, 0.05) is 32.7 Å². The first-order chi connectivity index (χ1) is 11.1. The van der Waals surface area contributed by atoms with Gasteiger partial charge in [0.05, 0.1) is 16.1 Å². The zero-order valence-corrected chi connectivity index (χ0v) is 16.0. The van der Waals surface area contributed by atoms with Crippen LogP contribution in [0.1, 0.15) is 18.4 Å². The summed E-state index contributed by atoms with van der Waals surface area (Å²) >= 11 is 12.0. The smallest absolute Gasteiger partial charge is 0.239 e. The quantitative estimate of drug-likeness (QED) is 0.856. The summed E-state index contributed by atoms with van der Waals surface area (Å²) in [7, 11) is 0. The van der Waals surface area contributed by atoms with Crippen molar-refractivity contribution in [3.05, 3.63) is 33.8 Å². The predicted molar refractivity (Wildman–Crippen MR) is 101 cm³/mol. The SMILES string of the molecule is Cl.O=C(C1CCCN1)N1CCN(CCc2ccc(Cl)c(Cl)c2)CC1. The van der Waals surface area contributed by atoms with Crippen LogP contribution in [0.3, 0.4) is 0 Å². The fraction of sp³-hybridized carbons (Fsp3) is 0.588. The van der Waals surface area contributed by atoms with E-state index in [2.05, 4.69) is 10.2 Å². The Morgan fingerprint density at radius 2 is 1.92 bits per heavy atom. The van der Waals surface area contributed by atoms with Crippen molar-refractivity contribution in [2.75, 3.05) is 39.3 Å². The summed E-state index contributed by atoms with van der Waals surface area (Å²) in [6.45, 7) is 5.51. The van der Waals surface area contributed by atoms with Crippen molar-refractivity contribution in [1.82, 2.24) is 15.1 Å². The van der Waals surface area contributed by atoms with Gasteiger partial charge in [-0.05, 0) is 43.5 Å². The molecule has 0 radical (unpaired) electrons. The minimum atomic E-state index is 0. The minimum Gasteiger partial charge on any atom is -0.339 e. The van der Waals surface area contributed by atoms with Crippen LogP contribution in [0.4, 0.5) is 0 Å². The Balaban J connectivity index is 0.00000208. The lowest BCUT2D eigenvalue weighted by Crippen LogP contribution is -2.53. The average Bonchev–Trinajstić information content (AvgIpc) is 3.10. The molecule has 1 amide bonds. The van der Waals surface area contributed by atoms with Gasteiger partial charge in [-0.1, -0.05) is 29.3 Å². The number of nitrogens with zero attached hydrogens (tertiary/aromatic N) is 2. The number of nitrogens with one attached hydrogen (secondary N) is 1. The van der Waals surface area contributed by atoms with Gasteiger partial charge in [-0.3, -0.25) is 9.69 Å². The molecule has 2 aliphatic rings. The molecule has 1 unspecified atom stereocenters. The molecule has 7 heteroatoms. The molecule has 3 rings (SSSR count). The van der Waals surface area contributed by atoms with E-state index < -0.39 is 0 Å². The van der Waals surface area contributed by atoms with Crippen LogP contribution in [0.2, 0.25) is 10.0 Å². The Bertz CT molecular complexity index is 556. The molecule has 134 valence electrons. The lowest BCUT2D eigenvalue weighted by Gasteiger charge is -2.36. The largest absolute Gasteiger partial charge is 0.339 e. The molecule has 24 heavy (non-hydrogen) atoms. The van der Waals surface area contributed by atoms with E-state index in [4.69, 9.17) is 23.2 Å². The third-order valence-electron chi connectivity index (χ3n) is 4.74. The monoisotopic (exact) mass is 391 g/mol. The molecular formula is C17H24Cl3N3O. The topological polar surface area (TPSA) is 35.6 Å². The van der Waals surface area contributed by atoms with Gasteiger partial charge >= 0.3 is 0 Å². The van der Waals surface area contributed by atoms with Crippen molar-refractivity contribution in [2.24, 2.45) is 0 Å². The predicted octanol–water partition coefficient (Wildman–Crippen LogP) is 2.85. The summed E-state index contributed by atoms with van der Waals surface area (Å²) in [6.07, 6.45) is 3.05. The summed E-state index contributed by atoms with van der Waals surface area (Å²) in [5.74, 6) is 0.284. The van der Waals surface area contributed by atoms with Crippen LogP contribution < -0.4 is 5.32 Å². The molecule has 0 saturated carbocycles. The number of benzene rings is 1. The van der Waals surface area contributed by atoms with Crippen LogP contribution in [-0.4, -0.2) is 61.0 Å². The van der Waals surface area contributed by atoms with E-state index in [1.54, 1.807) is 0 Å². The number of carbonyl (C=O) groups excluding carboxylic acids is 1. The van der Waals surface area contributed by atoms with E-state index in [0.29, 0.717) is 10.0 Å². The second-order valence-electron chi connectivity index (χ2n) is 6.31. The van der Waals surface area contributed by atoms with Gasteiger partial charge < -0.3 is 10.2 Å². The van der Waals surface area contributed by atoms with Crippen molar-refractivity contribution < 1.29 is 4.79 Å². The highest BCUT2D eigenvalue weighted by atomic mass is 35.5. The molecule has 0 aromatic heterocycles. The van der Waals surface area contributed by atoms with Crippen molar-refractivity contribution in [3.63, 3.8) is 0 Å². The first-order valence-electron chi connectivity index (χ1n) is 8.32. The summed E-state index contributed by atoms with van der Waals surface area (Å²) in [5.41, 5.74) is 1.20. The van der Waals surface area contributed by atoms with E-state index in [1.807, 2.05) is 23.1 Å². The highest BCUT2D eigenvalue weighted by Gasteiger charge is 2.28. The lowest BCUT2D eigenvalue weighted by atomic mass is 10.1. The molecule has 0 aliphatic carbocycles. The van der Waals surface area contributed by atoms with Crippen LogP contribution in [0, 0.1) is 0 Å². The Morgan fingerprint density at radius 1 is 1.17 bits per heavy atom. The zero-order valence-electron chi connectivity index (χ0n) is 13.6. The molecule has 2 aliphatic heterocycles. The minimum absolute atomic E-state index is 0. The Hall–Kier alpha value is -0.520. The number of rotatable bonds is 4. The fourth-order valence-electron chi connectivity index (χ4n) is 3.29. The maximum absolute atomic E-state index is 12.4. The molecule has 2 heterocycles. The zero-order chi connectivity index (χ0) is 16.2. The highest BCUT2D eigenvalue weighted by Crippen LogP contribution is 2.23. The fourth-order valence-corrected chi connectivity index (χ4v) is 3.61. The van der Waals surface area contributed by atoms with E-state index in [1.165, 1.54) is 5.56 Å². The number of hydrogen-bond acceptors (Lipinski definition) is 3. The maximum atomic E-state index is 12.4. The molecule has 0 bridgehead atoms. The molecule has 0 spiro atoms. The molecule has 1 aromatic rings. The molecule has 1 atom stereocenters. The van der Waals surface area contributed by atoms with Crippen molar-refractivity contribution in [1.29, 1.82) is 0 Å². The number of carbonyl (C=O) groups is 1. The summed E-state index contributed by atoms with van der Waals surface area (Å²) in [4.78, 5) is 16.8. The average molecular weight is 393 g/mol. The lowest BCUT2D eigenvalue weighted by molar-refractivity contribution is -0.134. The Kier molecular flexibility index (Phi) is 7.63. The maximum Gasteiger partial charge on any atom is 0.239 e. The van der Waals surface area contributed by atoms with Crippen LogP contribution in [0.15, 0.2) is 18.2 Å². The second-order valence-corrected chi connectivity index (χ2v) is 7.13. The van der Waals surface area contributed by atoms with Gasteiger partial charge in [0.1, 0.15) is 0 Å². The highest BCUT2D eigenvalue weighted by molar-refractivity contribution is 6.42. The Morgan fingerprint density at radius 3 is 2.54 bits per heavy atom. The molecule has 2 fully saturated rings. The van der Waals surface area contributed by atoms with Gasteiger partial charge in [-0.15, -0.1) is 12.4 Å². The van der Waals surface area contributed by atoms with Crippen LogP contribution in [-0.2, 0) is 11.2 Å². The molecular weight excluding hydrogens is 369 g/mol. The second kappa shape index (κ2) is 9.25. The van der Waals surface area contributed by atoms with Crippen LogP contribution in [0.25, 0.3) is 0 Å². The van der Waals surface area contributed by atoms with Gasteiger partial charge in [0.2, 0.25) is 5.91 Å². The van der Waals surface area contributed by atoms with Crippen molar-refractivity contribution in [2.45, 2.75) is 25.3 Å². The van der Waals surface area contributed by atoms with E-state index in [9.17, 15) is 4.79 Å². The molecule has 1 N–H and O–H groups in total. The third-order valence-corrected chi connectivity index (χ3v) is 5.48. The summed E-state index contributed by atoms with van der Waals surface area (Å²) in [6, 6.07) is 5.87. The van der Waals surface area contributed by atoms with Crippen molar-refractivity contribution >= 4 is 41.5 Å². The van der Waals surface area contributed by atoms with E-state index in [-0.39, 0.29) is 24.4 Å². The van der Waals surface area contributed by atoms with Gasteiger partial charge in [-0.2, -0.15) is 0 Å². The van der Waals surface area contributed by atoms with Crippen LogP contribution >= 0.6 is 35.6 Å². The van der Waals surface area contributed by atoms with Gasteiger partial charge in [0.25, 0.3) is 0 Å².